The summed E-state index contributed by atoms with van der Waals surface area (Å²) in [7, 11) is 0. The summed E-state index contributed by atoms with van der Waals surface area (Å²) in [6, 6.07) is 5.27. The van der Waals surface area contributed by atoms with Crippen LogP contribution in [0.2, 0.25) is 0 Å². The Kier molecular flexibility index (Phi) is 3.32. The van der Waals surface area contributed by atoms with Crippen LogP contribution in [0, 0.1) is 0 Å². The van der Waals surface area contributed by atoms with Crippen molar-refractivity contribution in [2.45, 2.75) is 9.37 Å². The zero-order chi connectivity index (χ0) is 11.4. The number of rotatable bonds is 3. The third-order valence-electron chi connectivity index (χ3n) is 1.63. The SMILES string of the molecule is NC(=NO)c1cccc(Sc2ncns2)n1. The molecule has 0 aliphatic heterocycles. The van der Waals surface area contributed by atoms with Gasteiger partial charge in [0.15, 0.2) is 10.2 Å². The van der Waals surface area contributed by atoms with Gasteiger partial charge in [0.2, 0.25) is 0 Å². The minimum Gasteiger partial charge on any atom is -0.409 e. The minimum atomic E-state index is -0.0142. The van der Waals surface area contributed by atoms with Gasteiger partial charge in [-0.1, -0.05) is 11.2 Å². The van der Waals surface area contributed by atoms with Crippen molar-refractivity contribution in [2.24, 2.45) is 10.9 Å². The van der Waals surface area contributed by atoms with E-state index in [9.17, 15) is 0 Å². The Bertz CT molecular complexity index is 499. The number of hydrogen-bond donors (Lipinski definition) is 2. The minimum absolute atomic E-state index is 0.0142. The van der Waals surface area contributed by atoms with Crippen LogP contribution in [0.5, 0.6) is 0 Å². The van der Waals surface area contributed by atoms with E-state index in [0.29, 0.717) is 5.69 Å². The highest BCUT2D eigenvalue weighted by Gasteiger charge is 2.05. The highest BCUT2D eigenvalue weighted by Crippen LogP contribution is 2.26. The molecule has 8 heteroatoms. The second kappa shape index (κ2) is 4.90. The number of aromatic nitrogens is 3. The van der Waals surface area contributed by atoms with E-state index in [2.05, 4.69) is 19.5 Å². The first-order valence-corrected chi connectivity index (χ1v) is 5.78. The Morgan fingerprint density at radius 2 is 2.38 bits per heavy atom. The van der Waals surface area contributed by atoms with Crippen molar-refractivity contribution in [1.82, 2.24) is 14.3 Å². The van der Waals surface area contributed by atoms with Crippen molar-refractivity contribution in [3.8, 4) is 0 Å². The highest BCUT2D eigenvalue weighted by molar-refractivity contribution is 8.00. The topological polar surface area (TPSA) is 97.3 Å². The Morgan fingerprint density at radius 3 is 3.06 bits per heavy atom. The van der Waals surface area contributed by atoms with E-state index in [4.69, 9.17) is 10.9 Å². The maximum Gasteiger partial charge on any atom is 0.188 e. The van der Waals surface area contributed by atoms with E-state index in [1.807, 2.05) is 6.07 Å². The zero-order valence-corrected chi connectivity index (χ0v) is 9.57. The molecule has 0 spiro atoms. The monoisotopic (exact) mass is 253 g/mol. The zero-order valence-electron chi connectivity index (χ0n) is 7.94. The molecular weight excluding hydrogens is 246 g/mol. The molecule has 0 saturated carbocycles. The fraction of sp³-hybridized carbons (Fsp3) is 0. The van der Waals surface area contributed by atoms with Crippen LogP contribution in [0.3, 0.4) is 0 Å². The van der Waals surface area contributed by atoms with Crippen molar-refractivity contribution >= 4 is 29.1 Å². The van der Waals surface area contributed by atoms with Gasteiger partial charge in [0.05, 0.1) is 0 Å². The first kappa shape index (κ1) is 10.8. The summed E-state index contributed by atoms with van der Waals surface area (Å²) in [4.78, 5) is 8.23. The van der Waals surface area contributed by atoms with Gasteiger partial charge in [0.1, 0.15) is 17.0 Å². The second-order valence-electron chi connectivity index (χ2n) is 2.66. The molecule has 0 aromatic carbocycles. The third-order valence-corrected chi connectivity index (χ3v) is 3.28. The van der Waals surface area contributed by atoms with E-state index in [-0.39, 0.29) is 5.84 Å². The molecule has 2 rings (SSSR count). The van der Waals surface area contributed by atoms with Gasteiger partial charge in [-0.3, -0.25) is 0 Å². The largest absolute Gasteiger partial charge is 0.409 e. The molecule has 0 fully saturated rings. The third kappa shape index (κ3) is 2.47. The van der Waals surface area contributed by atoms with Crippen molar-refractivity contribution in [1.29, 1.82) is 0 Å². The molecular formula is C8H7N5OS2. The van der Waals surface area contributed by atoms with Gasteiger partial charge in [0, 0.05) is 0 Å². The smallest absolute Gasteiger partial charge is 0.188 e. The molecule has 0 amide bonds. The Balaban J connectivity index is 2.23. The second-order valence-corrected chi connectivity index (χ2v) is 4.70. The van der Waals surface area contributed by atoms with Gasteiger partial charge in [-0.2, -0.15) is 4.37 Å². The molecule has 2 aromatic rings. The Hall–Kier alpha value is -1.67. The van der Waals surface area contributed by atoms with E-state index in [0.717, 1.165) is 9.37 Å². The maximum atomic E-state index is 8.53. The van der Waals surface area contributed by atoms with Gasteiger partial charge in [-0.15, -0.1) is 0 Å². The number of pyridine rings is 1. The number of oxime groups is 1. The molecule has 3 N–H and O–H groups in total. The number of nitrogens with zero attached hydrogens (tertiary/aromatic N) is 4. The summed E-state index contributed by atoms with van der Waals surface area (Å²) in [6.45, 7) is 0. The number of nitrogens with two attached hydrogens (primary N) is 1. The first-order valence-electron chi connectivity index (χ1n) is 4.19. The van der Waals surface area contributed by atoms with Crippen LogP contribution in [-0.2, 0) is 0 Å². The summed E-state index contributed by atoms with van der Waals surface area (Å²) in [5.41, 5.74) is 5.87. The van der Waals surface area contributed by atoms with Crippen molar-refractivity contribution in [2.75, 3.05) is 0 Å². The van der Waals surface area contributed by atoms with Crippen LogP contribution < -0.4 is 5.73 Å². The van der Waals surface area contributed by atoms with Gasteiger partial charge in [-0.05, 0) is 35.4 Å². The van der Waals surface area contributed by atoms with Crippen LogP contribution >= 0.6 is 23.3 Å². The quantitative estimate of drug-likeness (QED) is 0.369. The van der Waals surface area contributed by atoms with E-state index in [1.165, 1.54) is 29.6 Å². The fourth-order valence-corrected chi connectivity index (χ4v) is 2.35. The van der Waals surface area contributed by atoms with Gasteiger partial charge in [0.25, 0.3) is 0 Å². The van der Waals surface area contributed by atoms with E-state index in [1.54, 1.807) is 12.1 Å². The lowest BCUT2D eigenvalue weighted by molar-refractivity contribution is 0.318. The molecule has 0 saturated heterocycles. The summed E-state index contributed by atoms with van der Waals surface area (Å²) < 4.78 is 4.68. The molecule has 0 radical (unpaired) electrons. The van der Waals surface area contributed by atoms with Crippen LogP contribution in [0.1, 0.15) is 5.69 Å². The Morgan fingerprint density at radius 1 is 1.50 bits per heavy atom. The fourth-order valence-electron chi connectivity index (χ4n) is 0.963. The first-order chi connectivity index (χ1) is 7.79. The standard InChI is InChI=1S/C8H7N5OS2/c9-7(13-14)5-2-1-3-6(12-5)15-8-10-4-11-16-8/h1-4,14H,(H2,9,13). The van der Waals surface area contributed by atoms with Crippen LogP contribution in [0.15, 0.2) is 39.0 Å². The van der Waals surface area contributed by atoms with E-state index >= 15 is 0 Å². The van der Waals surface area contributed by atoms with Gasteiger partial charge in [-0.25, -0.2) is 9.97 Å². The van der Waals surface area contributed by atoms with E-state index < -0.39 is 0 Å². The molecule has 0 bridgehead atoms. The van der Waals surface area contributed by atoms with Gasteiger partial charge >= 0.3 is 0 Å². The summed E-state index contributed by atoms with van der Waals surface area (Å²) >= 11 is 2.67. The van der Waals surface area contributed by atoms with Crippen molar-refractivity contribution in [3.05, 3.63) is 30.2 Å². The lowest BCUT2D eigenvalue weighted by atomic mass is 10.3. The molecule has 2 aromatic heterocycles. The molecule has 0 atom stereocenters. The number of hydrogen-bond acceptors (Lipinski definition) is 7. The average Bonchev–Trinajstić information content (AvgIpc) is 2.81. The number of amidine groups is 1. The maximum absolute atomic E-state index is 8.53. The average molecular weight is 253 g/mol. The summed E-state index contributed by atoms with van der Waals surface area (Å²) in [5.74, 6) is -0.0142. The van der Waals surface area contributed by atoms with Crippen molar-refractivity contribution < 1.29 is 5.21 Å². The predicted molar refractivity (Wildman–Crippen MR) is 60.8 cm³/mol. The normalized spacial score (nSPS) is 11.6. The van der Waals surface area contributed by atoms with Crippen LogP contribution in [0.25, 0.3) is 0 Å². The predicted octanol–water partition coefficient (Wildman–Crippen LogP) is 1.18. The Labute approximate surface area is 99.4 Å². The lowest BCUT2D eigenvalue weighted by Crippen LogP contribution is -2.14. The summed E-state index contributed by atoms with van der Waals surface area (Å²) in [6.07, 6.45) is 1.49. The molecule has 6 nitrogen and oxygen atoms in total. The molecule has 16 heavy (non-hydrogen) atoms. The van der Waals surface area contributed by atoms with Crippen LogP contribution in [0.4, 0.5) is 0 Å². The molecule has 0 aliphatic carbocycles. The molecule has 82 valence electrons. The lowest BCUT2D eigenvalue weighted by Gasteiger charge is -2.00. The molecule has 0 aliphatic rings. The molecule has 0 unspecified atom stereocenters. The van der Waals surface area contributed by atoms with Crippen LogP contribution in [-0.4, -0.2) is 25.4 Å². The highest BCUT2D eigenvalue weighted by atomic mass is 32.2. The summed E-state index contributed by atoms with van der Waals surface area (Å²) in [5, 5.41) is 12.1. The van der Waals surface area contributed by atoms with Crippen molar-refractivity contribution in [3.63, 3.8) is 0 Å². The van der Waals surface area contributed by atoms with Gasteiger partial charge < -0.3 is 10.9 Å². The molecule has 2 heterocycles.